The largest absolute Gasteiger partial charge is 0.493 e. The van der Waals surface area contributed by atoms with Crippen LogP contribution in [0, 0.1) is 13.8 Å². The van der Waals surface area contributed by atoms with Gasteiger partial charge in [0.2, 0.25) is 0 Å². The molecular weight excluding hydrogens is 246 g/mol. The fourth-order valence-electron chi connectivity index (χ4n) is 2.83. The molecule has 0 aliphatic carbocycles. The van der Waals surface area contributed by atoms with Gasteiger partial charge >= 0.3 is 0 Å². The van der Waals surface area contributed by atoms with Crippen LogP contribution in [0.5, 0.6) is 5.75 Å². The summed E-state index contributed by atoms with van der Waals surface area (Å²) in [6, 6.07) is 15.4. The minimum absolute atomic E-state index is 0.389. The topological polar surface area (TPSA) is 21.3 Å². The zero-order chi connectivity index (χ0) is 13.9. The molecule has 1 atom stereocenters. The molecule has 1 aliphatic rings. The maximum Gasteiger partial charge on any atom is 0.124 e. The van der Waals surface area contributed by atoms with Crippen molar-refractivity contribution in [1.29, 1.82) is 0 Å². The van der Waals surface area contributed by atoms with Crippen LogP contribution >= 0.6 is 0 Å². The van der Waals surface area contributed by atoms with Crippen LogP contribution in [0.3, 0.4) is 0 Å². The lowest BCUT2D eigenvalue weighted by molar-refractivity contribution is 0.252. The number of rotatable bonds is 3. The molecule has 0 amide bonds. The summed E-state index contributed by atoms with van der Waals surface area (Å²) < 4.78 is 5.71. The normalized spacial score (nSPS) is 17.4. The molecule has 1 unspecified atom stereocenters. The molecule has 0 fully saturated rings. The van der Waals surface area contributed by atoms with E-state index in [1.807, 2.05) is 6.07 Å². The highest BCUT2D eigenvalue weighted by atomic mass is 16.5. The van der Waals surface area contributed by atoms with Gasteiger partial charge in [0.1, 0.15) is 5.75 Å². The highest BCUT2D eigenvalue weighted by molar-refractivity contribution is 5.37. The second kappa shape index (κ2) is 5.68. The molecule has 0 saturated carbocycles. The fraction of sp³-hybridized carbons (Fsp3) is 0.333. The molecule has 104 valence electrons. The van der Waals surface area contributed by atoms with E-state index in [1.165, 1.54) is 22.3 Å². The van der Waals surface area contributed by atoms with E-state index in [1.54, 1.807) is 0 Å². The Morgan fingerprint density at radius 2 is 2.00 bits per heavy atom. The molecule has 0 bridgehead atoms. The number of benzene rings is 2. The van der Waals surface area contributed by atoms with Crippen LogP contribution in [-0.2, 0) is 6.54 Å². The summed E-state index contributed by atoms with van der Waals surface area (Å²) in [6.45, 7) is 6.02. The Bertz CT molecular complexity index is 606. The smallest absolute Gasteiger partial charge is 0.124 e. The first-order valence-electron chi connectivity index (χ1n) is 7.25. The van der Waals surface area contributed by atoms with E-state index in [2.05, 4.69) is 55.6 Å². The number of aryl methyl sites for hydroxylation is 2. The van der Waals surface area contributed by atoms with E-state index in [0.717, 1.165) is 25.3 Å². The van der Waals surface area contributed by atoms with Crippen LogP contribution in [0.1, 0.15) is 34.7 Å². The van der Waals surface area contributed by atoms with E-state index in [9.17, 15) is 0 Å². The third-order valence-corrected chi connectivity index (χ3v) is 4.00. The minimum Gasteiger partial charge on any atom is -0.493 e. The van der Waals surface area contributed by atoms with Gasteiger partial charge in [-0.05, 0) is 31.0 Å². The number of ether oxygens (including phenoxy) is 1. The van der Waals surface area contributed by atoms with Crippen molar-refractivity contribution in [2.24, 2.45) is 0 Å². The number of hydrogen-bond acceptors (Lipinski definition) is 2. The first kappa shape index (κ1) is 13.2. The molecule has 1 aliphatic heterocycles. The van der Waals surface area contributed by atoms with Crippen LogP contribution in [0.4, 0.5) is 0 Å². The lowest BCUT2D eigenvalue weighted by Crippen LogP contribution is -2.26. The van der Waals surface area contributed by atoms with Gasteiger partial charge in [0.15, 0.2) is 0 Å². The SMILES string of the molecule is Cc1ccc(CNC2CCOc3ccccc32)c(C)c1. The first-order chi connectivity index (χ1) is 9.74. The molecule has 0 saturated heterocycles. The summed E-state index contributed by atoms with van der Waals surface area (Å²) in [4.78, 5) is 0. The summed E-state index contributed by atoms with van der Waals surface area (Å²) >= 11 is 0. The summed E-state index contributed by atoms with van der Waals surface area (Å²) in [5.41, 5.74) is 5.34. The van der Waals surface area contributed by atoms with Gasteiger partial charge in [-0.3, -0.25) is 0 Å². The molecule has 2 aromatic rings. The van der Waals surface area contributed by atoms with E-state index in [-0.39, 0.29) is 0 Å². The summed E-state index contributed by atoms with van der Waals surface area (Å²) in [5.74, 6) is 1.02. The number of para-hydroxylation sites is 1. The molecule has 1 N–H and O–H groups in total. The van der Waals surface area contributed by atoms with Crippen molar-refractivity contribution in [3.8, 4) is 5.75 Å². The maximum atomic E-state index is 5.71. The van der Waals surface area contributed by atoms with Crippen molar-refractivity contribution >= 4 is 0 Å². The number of nitrogens with one attached hydrogen (secondary N) is 1. The van der Waals surface area contributed by atoms with E-state index < -0.39 is 0 Å². The minimum atomic E-state index is 0.389. The van der Waals surface area contributed by atoms with Crippen LogP contribution in [0.25, 0.3) is 0 Å². The van der Waals surface area contributed by atoms with Gasteiger partial charge in [0, 0.05) is 24.6 Å². The van der Waals surface area contributed by atoms with Gasteiger partial charge in [-0.1, -0.05) is 42.0 Å². The van der Waals surface area contributed by atoms with Gasteiger partial charge in [-0.25, -0.2) is 0 Å². The molecule has 0 aromatic heterocycles. The Balaban J connectivity index is 1.73. The van der Waals surface area contributed by atoms with Gasteiger partial charge in [0.25, 0.3) is 0 Å². The average Bonchev–Trinajstić information content (AvgIpc) is 2.46. The molecule has 3 rings (SSSR count). The molecule has 0 spiro atoms. The van der Waals surface area contributed by atoms with Crippen molar-refractivity contribution in [2.45, 2.75) is 32.9 Å². The summed E-state index contributed by atoms with van der Waals surface area (Å²) in [5, 5.41) is 3.67. The van der Waals surface area contributed by atoms with Crippen molar-refractivity contribution in [3.05, 3.63) is 64.7 Å². The average molecular weight is 267 g/mol. The Labute approximate surface area is 120 Å². The number of hydrogen-bond donors (Lipinski definition) is 1. The molecule has 2 aromatic carbocycles. The quantitative estimate of drug-likeness (QED) is 0.910. The van der Waals surface area contributed by atoms with Gasteiger partial charge in [-0.2, -0.15) is 0 Å². The van der Waals surface area contributed by atoms with Crippen LogP contribution in [0.15, 0.2) is 42.5 Å². The Morgan fingerprint density at radius 3 is 2.85 bits per heavy atom. The molecule has 20 heavy (non-hydrogen) atoms. The number of fused-ring (bicyclic) bond motifs is 1. The lowest BCUT2D eigenvalue weighted by atomic mass is 9.99. The third-order valence-electron chi connectivity index (χ3n) is 4.00. The predicted molar refractivity (Wildman–Crippen MR) is 82.1 cm³/mol. The van der Waals surface area contributed by atoms with E-state index in [0.29, 0.717) is 6.04 Å². The highest BCUT2D eigenvalue weighted by Gasteiger charge is 2.20. The molecule has 0 radical (unpaired) electrons. The van der Waals surface area contributed by atoms with Crippen LogP contribution < -0.4 is 10.1 Å². The van der Waals surface area contributed by atoms with Gasteiger partial charge < -0.3 is 10.1 Å². The Hall–Kier alpha value is -1.80. The van der Waals surface area contributed by atoms with E-state index >= 15 is 0 Å². The summed E-state index contributed by atoms with van der Waals surface area (Å²) in [6.07, 6.45) is 1.03. The van der Waals surface area contributed by atoms with Crippen molar-refractivity contribution in [1.82, 2.24) is 5.32 Å². The van der Waals surface area contributed by atoms with Gasteiger partial charge in [-0.15, -0.1) is 0 Å². The molecule has 2 heteroatoms. The second-order valence-electron chi connectivity index (χ2n) is 5.54. The van der Waals surface area contributed by atoms with Crippen molar-refractivity contribution in [3.63, 3.8) is 0 Å². The zero-order valence-electron chi connectivity index (χ0n) is 12.1. The Kier molecular flexibility index (Phi) is 3.75. The van der Waals surface area contributed by atoms with Crippen LogP contribution in [0.2, 0.25) is 0 Å². The lowest BCUT2D eigenvalue weighted by Gasteiger charge is -2.27. The highest BCUT2D eigenvalue weighted by Crippen LogP contribution is 2.31. The van der Waals surface area contributed by atoms with Gasteiger partial charge in [0.05, 0.1) is 6.61 Å². The zero-order valence-corrected chi connectivity index (χ0v) is 12.1. The molecule has 2 nitrogen and oxygen atoms in total. The first-order valence-corrected chi connectivity index (χ1v) is 7.25. The molecular formula is C18H21NO. The molecule has 1 heterocycles. The second-order valence-corrected chi connectivity index (χ2v) is 5.54. The third kappa shape index (κ3) is 2.70. The Morgan fingerprint density at radius 1 is 1.15 bits per heavy atom. The maximum absolute atomic E-state index is 5.71. The predicted octanol–water partition coefficient (Wildman–Crippen LogP) is 3.92. The fourth-order valence-corrected chi connectivity index (χ4v) is 2.83. The van der Waals surface area contributed by atoms with Crippen molar-refractivity contribution in [2.75, 3.05) is 6.61 Å². The van der Waals surface area contributed by atoms with E-state index in [4.69, 9.17) is 4.74 Å². The van der Waals surface area contributed by atoms with Crippen LogP contribution in [-0.4, -0.2) is 6.61 Å². The monoisotopic (exact) mass is 267 g/mol. The standard InChI is InChI=1S/C18H21NO/c1-13-7-8-15(14(2)11-13)12-19-17-9-10-20-18-6-4-3-5-16(17)18/h3-8,11,17,19H,9-10,12H2,1-2H3. The van der Waals surface area contributed by atoms with Crippen molar-refractivity contribution < 1.29 is 4.74 Å². The summed E-state index contributed by atoms with van der Waals surface area (Å²) in [7, 11) is 0.